The van der Waals surface area contributed by atoms with E-state index in [0.29, 0.717) is 6.10 Å². The highest BCUT2D eigenvalue weighted by molar-refractivity contribution is 5.85. The second-order valence-electron chi connectivity index (χ2n) is 3.90. The maximum absolute atomic E-state index is 5.85. The largest absolute Gasteiger partial charge is 0.489 e. The number of nitrogens with one attached hydrogen (secondary N) is 1. The maximum atomic E-state index is 5.85. The molecule has 84 valence electrons. The molecule has 0 radical (unpaired) electrons. The molecule has 0 aromatic heterocycles. The van der Waals surface area contributed by atoms with Gasteiger partial charge in [0.1, 0.15) is 11.9 Å². The third-order valence-corrected chi connectivity index (χ3v) is 2.58. The van der Waals surface area contributed by atoms with Crippen LogP contribution in [0.2, 0.25) is 0 Å². The van der Waals surface area contributed by atoms with Crippen LogP contribution in [-0.4, -0.2) is 19.2 Å². The van der Waals surface area contributed by atoms with Crippen molar-refractivity contribution >= 4 is 12.4 Å². The van der Waals surface area contributed by atoms with E-state index >= 15 is 0 Å². The maximum Gasteiger partial charge on any atom is 0.119 e. The van der Waals surface area contributed by atoms with Gasteiger partial charge in [0, 0.05) is 6.54 Å². The average molecular weight is 228 g/mol. The van der Waals surface area contributed by atoms with E-state index in [4.69, 9.17) is 4.74 Å². The van der Waals surface area contributed by atoms with Gasteiger partial charge in [-0.2, -0.15) is 0 Å². The van der Waals surface area contributed by atoms with Gasteiger partial charge in [-0.3, -0.25) is 0 Å². The molecule has 1 aromatic rings. The normalized spacial score (nSPS) is 20.5. The molecule has 15 heavy (non-hydrogen) atoms. The van der Waals surface area contributed by atoms with Gasteiger partial charge in [0.2, 0.25) is 0 Å². The number of rotatable bonds is 2. The zero-order chi connectivity index (χ0) is 9.80. The van der Waals surface area contributed by atoms with Gasteiger partial charge in [-0.05, 0) is 38.4 Å². The van der Waals surface area contributed by atoms with E-state index in [9.17, 15) is 0 Å². The van der Waals surface area contributed by atoms with Gasteiger partial charge in [-0.15, -0.1) is 12.4 Å². The van der Waals surface area contributed by atoms with Crippen LogP contribution in [-0.2, 0) is 0 Å². The van der Waals surface area contributed by atoms with Crippen LogP contribution in [0.4, 0.5) is 0 Å². The molecule has 2 rings (SSSR count). The summed E-state index contributed by atoms with van der Waals surface area (Å²) in [6.45, 7) is 4.20. The molecule has 0 saturated carbocycles. The lowest BCUT2D eigenvalue weighted by Gasteiger charge is -2.23. The molecule has 0 bridgehead atoms. The standard InChI is InChI=1S/C12H17NO.ClH/c1-10-4-6-11(7-5-10)14-12-3-2-8-13-9-12;/h4-7,12-13H,2-3,8-9H2,1H3;1H. The van der Waals surface area contributed by atoms with Crippen LogP contribution in [0.15, 0.2) is 24.3 Å². The third-order valence-electron chi connectivity index (χ3n) is 2.58. The molecule has 0 amide bonds. The topological polar surface area (TPSA) is 21.3 Å². The van der Waals surface area contributed by atoms with E-state index in [1.165, 1.54) is 18.4 Å². The van der Waals surface area contributed by atoms with E-state index in [0.717, 1.165) is 18.8 Å². The minimum Gasteiger partial charge on any atom is -0.489 e. The molecule has 1 N–H and O–H groups in total. The average Bonchev–Trinajstić information content (AvgIpc) is 2.23. The lowest BCUT2D eigenvalue weighted by atomic mass is 10.1. The number of piperidine rings is 1. The molecule has 1 saturated heterocycles. The molecular formula is C12H18ClNO. The summed E-state index contributed by atoms with van der Waals surface area (Å²) in [5.41, 5.74) is 1.28. The van der Waals surface area contributed by atoms with Crippen molar-refractivity contribution in [1.82, 2.24) is 5.32 Å². The van der Waals surface area contributed by atoms with Crippen LogP contribution in [0.5, 0.6) is 5.75 Å². The molecule has 3 heteroatoms. The first kappa shape index (κ1) is 12.3. The predicted molar refractivity (Wildman–Crippen MR) is 64.9 cm³/mol. The summed E-state index contributed by atoms with van der Waals surface area (Å²) in [5.74, 6) is 0.990. The molecule has 1 aromatic carbocycles. The Labute approximate surface area is 97.4 Å². The van der Waals surface area contributed by atoms with Crippen molar-refractivity contribution in [2.75, 3.05) is 13.1 Å². The summed E-state index contributed by atoms with van der Waals surface area (Å²) in [4.78, 5) is 0. The first-order chi connectivity index (χ1) is 6.84. The van der Waals surface area contributed by atoms with Gasteiger partial charge in [-0.25, -0.2) is 0 Å². The van der Waals surface area contributed by atoms with Gasteiger partial charge in [-0.1, -0.05) is 17.7 Å². The Morgan fingerprint density at radius 3 is 2.60 bits per heavy atom. The summed E-state index contributed by atoms with van der Waals surface area (Å²) >= 11 is 0. The van der Waals surface area contributed by atoms with Crippen molar-refractivity contribution in [2.24, 2.45) is 0 Å². The van der Waals surface area contributed by atoms with Crippen LogP contribution in [0.25, 0.3) is 0 Å². The number of aryl methyl sites for hydroxylation is 1. The second kappa shape index (κ2) is 5.99. The van der Waals surface area contributed by atoms with Crippen LogP contribution in [0, 0.1) is 6.92 Å². The molecule has 1 fully saturated rings. The van der Waals surface area contributed by atoms with Crippen LogP contribution in [0.1, 0.15) is 18.4 Å². The van der Waals surface area contributed by atoms with Crippen LogP contribution >= 0.6 is 12.4 Å². The molecule has 1 aliphatic rings. The van der Waals surface area contributed by atoms with E-state index in [-0.39, 0.29) is 12.4 Å². The predicted octanol–water partition coefficient (Wildman–Crippen LogP) is 2.55. The number of ether oxygens (including phenoxy) is 1. The quantitative estimate of drug-likeness (QED) is 0.839. The summed E-state index contributed by atoms with van der Waals surface area (Å²) in [5, 5.41) is 3.34. The minimum atomic E-state index is 0. The number of halogens is 1. The third kappa shape index (κ3) is 3.73. The fourth-order valence-corrected chi connectivity index (χ4v) is 1.73. The Morgan fingerprint density at radius 2 is 2.00 bits per heavy atom. The van der Waals surface area contributed by atoms with Gasteiger partial charge in [0.15, 0.2) is 0 Å². The van der Waals surface area contributed by atoms with Crippen molar-refractivity contribution in [3.63, 3.8) is 0 Å². The van der Waals surface area contributed by atoms with Crippen molar-refractivity contribution in [2.45, 2.75) is 25.9 Å². The molecule has 1 heterocycles. The summed E-state index contributed by atoms with van der Waals surface area (Å²) in [7, 11) is 0. The van der Waals surface area contributed by atoms with Crippen molar-refractivity contribution in [1.29, 1.82) is 0 Å². The Bertz CT molecular complexity index is 280. The summed E-state index contributed by atoms with van der Waals surface area (Å²) in [6, 6.07) is 8.27. The fourth-order valence-electron chi connectivity index (χ4n) is 1.73. The van der Waals surface area contributed by atoms with E-state index in [1.54, 1.807) is 0 Å². The molecule has 0 aliphatic carbocycles. The number of benzene rings is 1. The first-order valence-electron chi connectivity index (χ1n) is 5.28. The number of hydrogen-bond donors (Lipinski definition) is 1. The van der Waals surface area contributed by atoms with Crippen molar-refractivity contribution in [3.8, 4) is 5.75 Å². The Kier molecular flexibility index (Phi) is 4.92. The van der Waals surface area contributed by atoms with Gasteiger partial charge in [0.05, 0.1) is 0 Å². The highest BCUT2D eigenvalue weighted by atomic mass is 35.5. The van der Waals surface area contributed by atoms with Gasteiger partial charge >= 0.3 is 0 Å². The first-order valence-corrected chi connectivity index (χ1v) is 5.28. The molecular weight excluding hydrogens is 210 g/mol. The Balaban J connectivity index is 0.00000112. The Hall–Kier alpha value is -0.730. The van der Waals surface area contributed by atoms with Crippen LogP contribution in [0.3, 0.4) is 0 Å². The fraction of sp³-hybridized carbons (Fsp3) is 0.500. The molecule has 0 spiro atoms. The van der Waals surface area contributed by atoms with Crippen molar-refractivity contribution in [3.05, 3.63) is 29.8 Å². The smallest absolute Gasteiger partial charge is 0.119 e. The van der Waals surface area contributed by atoms with Crippen molar-refractivity contribution < 1.29 is 4.74 Å². The number of hydrogen-bond acceptors (Lipinski definition) is 2. The highest BCUT2D eigenvalue weighted by Crippen LogP contribution is 2.16. The van der Waals surface area contributed by atoms with Gasteiger partial charge in [0.25, 0.3) is 0 Å². The Morgan fingerprint density at radius 1 is 1.27 bits per heavy atom. The lowest BCUT2D eigenvalue weighted by molar-refractivity contribution is 0.167. The molecule has 1 atom stereocenters. The second-order valence-corrected chi connectivity index (χ2v) is 3.90. The summed E-state index contributed by atoms with van der Waals surface area (Å²) < 4.78 is 5.85. The minimum absolute atomic E-state index is 0. The van der Waals surface area contributed by atoms with Gasteiger partial charge < -0.3 is 10.1 Å². The van der Waals surface area contributed by atoms with Crippen LogP contribution < -0.4 is 10.1 Å². The molecule has 1 unspecified atom stereocenters. The highest BCUT2D eigenvalue weighted by Gasteiger charge is 2.13. The van der Waals surface area contributed by atoms with E-state index in [2.05, 4.69) is 24.4 Å². The zero-order valence-corrected chi connectivity index (χ0v) is 9.85. The monoisotopic (exact) mass is 227 g/mol. The SMILES string of the molecule is Cc1ccc(OC2CCCNC2)cc1.Cl. The van der Waals surface area contributed by atoms with E-state index < -0.39 is 0 Å². The summed E-state index contributed by atoms with van der Waals surface area (Å²) in [6.07, 6.45) is 2.74. The zero-order valence-electron chi connectivity index (χ0n) is 9.03. The molecule has 2 nitrogen and oxygen atoms in total. The van der Waals surface area contributed by atoms with E-state index in [1.807, 2.05) is 12.1 Å². The molecule has 1 aliphatic heterocycles. The lowest BCUT2D eigenvalue weighted by Crippen LogP contribution is -2.37.